The van der Waals surface area contributed by atoms with Crippen LogP contribution in [-0.2, 0) is 0 Å². The second-order valence-electron chi connectivity index (χ2n) is 6.25. The Bertz CT molecular complexity index is 253. The van der Waals surface area contributed by atoms with Crippen LogP contribution in [0.1, 0.15) is 38.5 Å². The Morgan fingerprint density at radius 1 is 1.18 bits per heavy atom. The summed E-state index contributed by atoms with van der Waals surface area (Å²) in [5.41, 5.74) is 0. The van der Waals surface area contributed by atoms with Crippen molar-refractivity contribution in [2.24, 2.45) is 11.8 Å². The van der Waals surface area contributed by atoms with E-state index in [1.165, 1.54) is 45.1 Å². The molecule has 1 heterocycles. The molecule has 3 fully saturated rings. The van der Waals surface area contributed by atoms with E-state index in [1.807, 2.05) is 0 Å². The third-order valence-corrected chi connectivity index (χ3v) is 5.17. The predicted molar refractivity (Wildman–Crippen MR) is 68.9 cm³/mol. The maximum Gasteiger partial charge on any atom is 0.0558 e. The minimum atomic E-state index is 0.320. The molecule has 98 valence electrons. The monoisotopic (exact) mass is 238 g/mol. The standard InChI is InChI=1S/C14H26N2O/c17-7-6-16(10-13-2-1-5-15-13)14-9-11-3-4-12(14)8-11/h11-15,17H,1-10H2. The van der Waals surface area contributed by atoms with Gasteiger partial charge >= 0.3 is 0 Å². The SMILES string of the molecule is OCCN(CC1CCCN1)C1CC2CCC1C2. The highest BCUT2D eigenvalue weighted by Gasteiger charge is 2.42. The van der Waals surface area contributed by atoms with Gasteiger partial charge in [-0.05, 0) is 50.5 Å². The van der Waals surface area contributed by atoms with Crippen LogP contribution in [0.5, 0.6) is 0 Å². The largest absolute Gasteiger partial charge is 0.395 e. The summed E-state index contributed by atoms with van der Waals surface area (Å²) in [5.74, 6) is 1.94. The van der Waals surface area contributed by atoms with Gasteiger partial charge in [0.05, 0.1) is 6.61 Å². The zero-order chi connectivity index (χ0) is 11.7. The van der Waals surface area contributed by atoms with Crippen molar-refractivity contribution < 1.29 is 5.11 Å². The van der Waals surface area contributed by atoms with Gasteiger partial charge in [0.1, 0.15) is 0 Å². The Balaban J connectivity index is 1.59. The summed E-state index contributed by atoms with van der Waals surface area (Å²) in [6.45, 7) is 3.55. The van der Waals surface area contributed by atoms with Gasteiger partial charge in [-0.1, -0.05) is 6.42 Å². The lowest BCUT2D eigenvalue weighted by atomic mass is 9.93. The van der Waals surface area contributed by atoms with Crippen LogP contribution in [0.2, 0.25) is 0 Å². The molecular formula is C14H26N2O. The van der Waals surface area contributed by atoms with E-state index in [2.05, 4.69) is 10.2 Å². The highest BCUT2D eigenvalue weighted by molar-refractivity contribution is 4.96. The van der Waals surface area contributed by atoms with E-state index in [9.17, 15) is 5.11 Å². The fourth-order valence-corrected chi connectivity index (χ4v) is 4.37. The van der Waals surface area contributed by atoms with Crippen molar-refractivity contribution >= 4 is 0 Å². The number of fused-ring (bicyclic) bond motifs is 2. The Hall–Kier alpha value is -0.120. The molecule has 1 aliphatic heterocycles. The van der Waals surface area contributed by atoms with Gasteiger partial charge in [0, 0.05) is 25.2 Å². The molecule has 0 aromatic carbocycles. The third kappa shape index (κ3) is 2.51. The highest BCUT2D eigenvalue weighted by atomic mass is 16.3. The molecule has 2 saturated carbocycles. The Morgan fingerprint density at radius 2 is 2.12 bits per heavy atom. The van der Waals surface area contributed by atoms with Gasteiger partial charge in [0.2, 0.25) is 0 Å². The average molecular weight is 238 g/mol. The fraction of sp³-hybridized carbons (Fsp3) is 1.00. The molecule has 1 saturated heterocycles. The second kappa shape index (κ2) is 5.25. The number of nitrogens with zero attached hydrogens (tertiary/aromatic N) is 1. The molecule has 3 nitrogen and oxygen atoms in total. The molecule has 17 heavy (non-hydrogen) atoms. The first kappa shape index (κ1) is 11.9. The molecule has 0 amide bonds. The molecule has 0 aromatic heterocycles. The molecule has 2 aliphatic carbocycles. The molecule has 3 heteroatoms. The Labute approximate surface area is 105 Å². The van der Waals surface area contributed by atoms with Crippen molar-refractivity contribution in [3.63, 3.8) is 0 Å². The molecule has 4 unspecified atom stereocenters. The minimum Gasteiger partial charge on any atom is -0.395 e. The summed E-state index contributed by atoms with van der Waals surface area (Å²) in [6, 6.07) is 1.46. The number of hydrogen-bond acceptors (Lipinski definition) is 3. The van der Waals surface area contributed by atoms with Gasteiger partial charge in [-0.25, -0.2) is 0 Å². The molecule has 0 radical (unpaired) electrons. The van der Waals surface area contributed by atoms with Gasteiger partial charge in [0.15, 0.2) is 0 Å². The summed E-state index contributed by atoms with van der Waals surface area (Å²) >= 11 is 0. The first-order valence-electron chi connectivity index (χ1n) is 7.45. The Morgan fingerprint density at radius 3 is 2.71 bits per heavy atom. The van der Waals surface area contributed by atoms with Crippen molar-refractivity contribution in [1.29, 1.82) is 0 Å². The summed E-state index contributed by atoms with van der Waals surface area (Å²) in [6.07, 6.45) is 8.42. The first-order chi connectivity index (χ1) is 8.36. The van der Waals surface area contributed by atoms with Crippen molar-refractivity contribution in [3.8, 4) is 0 Å². The topological polar surface area (TPSA) is 35.5 Å². The second-order valence-corrected chi connectivity index (χ2v) is 6.25. The molecule has 4 atom stereocenters. The lowest BCUT2D eigenvalue weighted by Crippen LogP contribution is -2.46. The van der Waals surface area contributed by atoms with Crippen molar-refractivity contribution in [2.45, 2.75) is 50.6 Å². The van der Waals surface area contributed by atoms with E-state index in [-0.39, 0.29) is 0 Å². The molecule has 3 rings (SSSR count). The van der Waals surface area contributed by atoms with Crippen molar-refractivity contribution in [2.75, 3.05) is 26.2 Å². The van der Waals surface area contributed by atoms with E-state index in [0.29, 0.717) is 12.6 Å². The van der Waals surface area contributed by atoms with Gasteiger partial charge in [0.25, 0.3) is 0 Å². The summed E-state index contributed by atoms with van der Waals surface area (Å²) in [5, 5.41) is 12.9. The van der Waals surface area contributed by atoms with Gasteiger partial charge in [-0.2, -0.15) is 0 Å². The number of nitrogens with one attached hydrogen (secondary N) is 1. The van der Waals surface area contributed by atoms with Gasteiger partial charge in [-0.15, -0.1) is 0 Å². The van der Waals surface area contributed by atoms with Crippen LogP contribution in [0, 0.1) is 11.8 Å². The molecule has 0 aromatic rings. The van der Waals surface area contributed by atoms with E-state index in [4.69, 9.17) is 0 Å². The molecule has 3 aliphatic rings. The van der Waals surface area contributed by atoms with Crippen LogP contribution in [0.25, 0.3) is 0 Å². The summed E-state index contributed by atoms with van der Waals surface area (Å²) < 4.78 is 0. The zero-order valence-electron chi connectivity index (χ0n) is 10.8. The Kier molecular flexibility index (Phi) is 3.69. The van der Waals surface area contributed by atoms with E-state index in [0.717, 1.165) is 31.0 Å². The van der Waals surface area contributed by atoms with Gasteiger partial charge < -0.3 is 10.4 Å². The maximum atomic E-state index is 9.28. The molecule has 2 bridgehead atoms. The molecular weight excluding hydrogens is 212 g/mol. The number of aliphatic hydroxyl groups is 1. The number of aliphatic hydroxyl groups excluding tert-OH is 1. The average Bonchev–Trinajstić information content (AvgIpc) is 3.05. The summed E-state index contributed by atoms with van der Waals surface area (Å²) in [4.78, 5) is 2.59. The van der Waals surface area contributed by atoms with Crippen LogP contribution in [0.3, 0.4) is 0 Å². The third-order valence-electron chi connectivity index (χ3n) is 5.17. The zero-order valence-corrected chi connectivity index (χ0v) is 10.8. The smallest absolute Gasteiger partial charge is 0.0558 e. The van der Waals surface area contributed by atoms with Crippen LogP contribution in [0.15, 0.2) is 0 Å². The molecule has 0 spiro atoms. The highest BCUT2D eigenvalue weighted by Crippen LogP contribution is 2.46. The van der Waals surface area contributed by atoms with Crippen molar-refractivity contribution in [3.05, 3.63) is 0 Å². The first-order valence-corrected chi connectivity index (χ1v) is 7.45. The van der Waals surface area contributed by atoms with E-state index >= 15 is 0 Å². The van der Waals surface area contributed by atoms with Crippen LogP contribution >= 0.6 is 0 Å². The predicted octanol–water partition coefficient (Wildman–Crippen LogP) is 1.22. The van der Waals surface area contributed by atoms with E-state index in [1.54, 1.807) is 0 Å². The summed E-state index contributed by atoms with van der Waals surface area (Å²) in [7, 11) is 0. The quantitative estimate of drug-likeness (QED) is 0.756. The van der Waals surface area contributed by atoms with E-state index < -0.39 is 0 Å². The molecule has 2 N–H and O–H groups in total. The fourth-order valence-electron chi connectivity index (χ4n) is 4.37. The van der Waals surface area contributed by atoms with Gasteiger partial charge in [-0.3, -0.25) is 4.90 Å². The maximum absolute atomic E-state index is 9.28. The van der Waals surface area contributed by atoms with Crippen LogP contribution in [-0.4, -0.2) is 48.3 Å². The van der Waals surface area contributed by atoms with Crippen LogP contribution < -0.4 is 5.32 Å². The number of hydrogen-bond donors (Lipinski definition) is 2. The van der Waals surface area contributed by atoms with Crippen LogP contribution in [0.4, 0.5) is 0 Å². The lowest BCUT2D eigenvalue weighted by Gasteiger charge is -2.35. The normalized spacial score (nSPS) is 40.6. The van der Waals surface area contributed by atoms with Crippen molar-refractivity contribution in [1.82, 2.24) is 10.2 Å². The number of rotatable bonds is 5. The lowest BCUT2D eigenvalue weighted by molar-refractivity contribution is 0.105. The minimum absolute atomic E-state index is 0.320.